The minimum absolute atomic E-state index is 0.0297. The van der Waals surface area contributed by atoms with E-state index in [2.05, 4.69) is 13.2 Å². The fourth-order valence-corrected chi connectivity index (χ4v) is 2.97. The molecule has 0 radical (unpaired) electrons. The van der Waals surface area contributed by atoms with Crippen LogP contribution in [0.3, 0.4) is 0 Å². The van der Waals surface area contributed by atoms with Gasteiger partial charge in [0.05, 0.1) is 5.92 Å². The summed E-state index contributed by atoms with van der Waals surface area (Å²) in [5, 5.41) is 9.44. The highest BCUT2D eigenvalue weighted by Crippen LogP contribution is 2.36. The van der Waals surface area contributed by atoms with Crippen molar-refractivity contribution in [3.63, 3.8) is 0 Å². The van der Waals surface area contributed by atoms with Gasteiger partial charge < -0.3 is 14.6 Å². The van der Waals surface area contributed by atoms with Crippen molar-refractivity contribution in [1.29, 1.82) is 0 Å². The van der Waals surface area contributed by atoms with Crippen LogP contribution in [-0.4, -0.2) is 35.2 Å². The summed E-state index contributed by atoms with van der Waals surface area (Å²) in [4.78, 5) is 35.5. The Morgan fingerprint density at radius 3 is 2.68 bits per heavy atom. The highest BCUT2D eigenvalue weighted by Gasteiger charge is 2.45. The first-order chi connectivity index (χ1) is 11.7. The predicted octanol–water partition coefficient (Wildman–Crippen LogP) is 2.71. The molecular formula is C19H22O6. The average Bonchev–Trinajstić information content (AvgIpc) is 2.79. The zero-order valence-electron chi connectivity index (χ0n) is 14.4. The first-order valence-corrected chi connectivity index (χ1v) is 8.06. The number of allylic oxidation sites excluding steroid dienone is 2. The van der Waals surface area contributed by atoms with Crippen LogP contribution in [0.15, 0.2) is 47.6 Å². The highest BCUT2D eigenvalue weighted by atomic mass is 16.6. The Bertz CT molecular complexity index is 697. The molecule has 25 heavy (non-hydrogen) atoms. The summed E-state index contributed by atoms with van der Waals surface area (Å²) in [6.07, 6.45) is 3.10. The molecule has 0 amide bonds. The van der Waals surface area contributed by atoms with Gasteiger partial charge in [0.15, 0.2) is 0 Å². The number of carbonyl (C=O) groups is 3. The number of aliphatic carboxylic acids is 1. The predicted molar refractivity (Wildman–Crippen MR) is 90.5 cm³/mol. The Kier molecular flexibility index (Phi) is 5.62. The van der Waals surface area contributed by atoms with Gasteiger partial charge in [0.25, 0.3) is 0 Å². The maximum atomic E-state index is 12.0. The molecule has 6 heteroatoms. The SMILES string of the molecule is C=C(C)C(=O)O[C@H]1C/C(C(=O)O)=C/CC/C(C)=C/[C@H]2OC(=O)C(=C)[C@H]12. The third-order valence-electron chi connectivity index (χ3n) is 4.34. The van der Waals surface area contributed by atoms with Crippen molar-refractivity contribution < 1.29 is 29.0 Å². The number of rotatable bonds is 3. The third-order valence-corrected chi connectivity index (χ3v) is 4.34. The van der Waals surface area contributed by atoms with Crippen LogP contribution < -0.4 is 0 Å². The van der Waals surface area contributed by atoms with E-state index in [1.54, 1.807) is 6.08 Å². The van der Waals surface area contributed by atoms with Gasteiger partial charge in [-0.05, 0) is 32.8 Å². The number of carboxylic acid groups (broad SMARTS) is 1. The Balaban J connectivity index is 2.46. The Morgan fingerprint density at radius 1 is 1.40 bits per heavy atom. The smallest absolute Gasteiger partial charge is 0.334 e. The van der Waals surface area contributed by atoms with E-state index in [1.807, 2.05) is 13.0 Å². The molecule has 2 rings (SSSR count). The van der Waals surface area contributed by atoms with Gasteiger partial charge in [0.2, 0.25) is 0 Å². The lowest BCUT2D eigenvalue weighted by molar-refractivity contribution is -0.148. The van der Waals surface area contributed by atoms with Gasteiger partial charge in [0.1, 0.15) is 12.2 Å². The second-order valence-electron chi connectivity index (χ2n) is 6.44. The van der Waals surface area contributed by atoms with Crippen molar-refractivity contribution in [3.05, 3.63) is 47.6 Å². The van der Waals surface area contributed by atoms with Gasteiger partial charge >= 0.3 is 17.9 Å². The molecular weight excluding hydrogens is 324 g/mol. The normalized spacial score (nSPS) is 30.9. The third kappa shape index (κ3) is 4.26. The van der Waals surface area contributed by atoms with Gasteiger partial charge in [-0.25, -0.2) is 14.4 Å². The Hall–Kier alpha value is -2.63. The van der Waals surface area contributed by atoms with Gasteiger partial charge in [-0.1, -0.05) is 24.8 Å². The minimum Gasteiger partial charge on any atom is -0.478 e. The molecule has 0 aromatic rings. The summed E-state index contributed by atoms with van der Waals surface area (Å²) in [5.41, 5.74) is 1.47. The quantitative estimate of drug-likeness (QED) is 0.480. The second-order valence-corrected chi connectivity index (χ2v) is 6.44. The van der Waals surface area contributed by atoms with Crippen molar-refractivity contribution in [2.75, 3.05) is 0 Å². The first kappa shape index (κ1) is 18.7. The lowest BCUT2D eigenvalue weighted by Gasteiger charge is -2.27. The molecule has 2 aliphatic rings. The number of hydrogen-bond acceptors (Lipinski definition) is 5. The highest BCUT2D eigenvalue weighted by molar-refractivity contribution is 5.92. The lowest BCUT2D eigenvalue weighted by atomic mass is 9.85. The van der Waals surface area contributed by atoms with E-state index < -0.39 is 36.0 Å². The first-order valence-electron chi connectivity index (χ1n) is 8.06. The molecule has 134 valence electrons. The maximum Gasteiger partial charge on any atom is 0.334 e. The van der Waals surface area contributed by atoms with Crippen LogP contribution >= 0.6 is 0 Å². The van der Waals surface area contributed by atoms with E-state index >= 15 is 0 Å². The molecule has 3 atom stereocenters. The number of esters is 2. The van der Waals surface area contributed by atoms with E-state index in [9.17, 15) is 19.5 Å². The molecule has 1 aliphatic heterocycles. The van der Waals surface area contributed by atoms with Crippen molar-refractivity contribution in [2.24, 2.45) is 5.92 Å². The van der Waals surface area contributed by atoms with Crippen LogP contribution in [0, 0.1) is 5.92 Å². The van der Waals surface area contributed by atoms with Crippen LogP contribution in [0.25, 0.3) is 0 Å². The standard InChI is InChI=1S/C19H22O6/c1-10(2)18(22)24-15-9-13(17(20)21)7-5-6-11(3)8-14-16(15)12(4)19(23)25-14/h7-8,14-16H,1,4-6,9H2,2-3H3,(H,20,21)/b11-8+,13-7-/t14-,15+,16+/m1/s1. The van der Waals surface area contributed by atoms with Crippen molar-refractivity contribution in [3.8, 4) is 0 Å². The van der Waals surface area contributed by atoms with Gasteiger partial charge in [-0.3, -0.25) is 0 Å². The van der Waals surface area contributed by atoms with E-state index in [0.717, 1.165) is 5.57 Å². The maximum absolute atomic E-state index is 12.0. The van der Waals surface area contributed by atoms with E-state index in [-0.39, 0.29) is 23.1 Å². The molecule has 0 saturated carbocycles. The largest absolute Gasteiger partial charge is 0.478 e. The summed E-state index contributed by atoms with van der Waals surface area (Å²) in [6, 6.07) is 0. The molecule has 0 spiro atoms. The van der Waals surface area contributed by atoms with Crippen LogP contribution in [0.5, 0.6) is 0 Å². The van der Waals surface area contributed by atoms with Gasteiger partial charge in [-0.2, -0.15) is 0 Å². The number of hydrogen-bond donors (Lipinski definition) is 1. The average molecular weight is 346 g/mol. The monoisotopic (exact) mass is 346 g/mol. The van der Waals surface area contributed by atoms with Crippen LogP contribution in [-0.2, 0) is 23.9 Å². The molecule has 0 unspecified atom stereocenters. The van der Waals surface area contributed by atoms with E-state index in [1.165, 1.54) is 6.92 Å². The van der Waals surface area contributed by atoms with Crippen molar-refractivity contribution in [1.82, 2.24) is 0 Å². The Labute approximate surface area is 146 Å². The zero-order chi connectivity index (χ0) is 18.7. The lowest BCUT2D eigenvalue weighted by Crippen LogP contribution is -2.34. The summed E-state index contributed by atoms with van der Waals surface area (Å²) in [6.45, 7) is 10.7. The van der Waals surface area contributed by atoms with Crippen LogP contribution in [0.2, 0.25) is 0 Å². The molecule has 0 bridgehead atoms. The van der Waals surface area contributed by atoms with E-state index in [0.29, 0.717) is 12.8 Å². The van der Waals surface area contributed by atoms with Crippen LogP contribution in [0.4, 0.5) is 0 Å². The number of carboxylic acids is 1. The second kappa shape index (κ2) is 7.51. The number of fused-ring (bicyclic) bond motifs is 1. The fraction of sp³-hybridized carbons (Fsp3) is 0.421. The molecule has 0 aromatic carbocycles. The number of carbonyl (C=O) groups excluding carboxylic acids is 2. The molecule has 1 fully saturated rings. The van der Waals surface area contributed by atoms with E-state index in [4.69, 9.17) is 9.47 Å². The summed E-state index contributed by atoms with van der Waals surface area (Å²) >= 11 is 0. The van der Waals surface area contributed by atoms with Gasteiger partial charge in [0, 0.05) is 23.1 Å². The summed E-state index contributed by atoms with van der Waals surface area (Å²) in [7, 11) is 0. The molecule has 1 heterocycles. The van der Waals surface area contributed by atoms with Crippen molar-refractivity contribution >= 4 is 17.9 Å². The topological polar surface area (TPSA) is 89.9 Å². The molecule has 1 saturated heterocycles. The molecule has 6 nitrogen and oxygen atoms in total. The zero-order valence-corrected chi connectivity index (χ0v) is 14.4. The molecule has 0 aromatic heterocycles. The molecule has 1 aliphatic carbocycles. The van der Waals surface area contributed by atoms with Crippen molar-refractivity contribution in [2.45, 2.75) is 45.3 Å². The molecule has 1 N–H and O–H groups in total. The summed E-state index contributed by atoms with van der Waals surface area (Å²) in [5.74, 6) is -2.91. The number of ether oxygens (including phenoxy) is 2. The minimum atomic E-state index is -1.08. The Morgan fingerprint density at radius 2 is 2.08 bits per heavy atom. The van der Waals surface area contributed by atoms with Crippen LogP contribution in [0.1, 0.15) is 33.1 Å². The van der Waals surface area contributed by atoms with Gasteiger partial charge in [-0.15, -0.1) is 0 Å². The fourth-order valence-electron chi connectivity index (χ4n) is 2.97. The summed E-state index contributed by atoms with van der Waals surface area (Å²) < 4.78 is 10.8.